The summed E-state index contributed by atoms with van der Waals surface area (Å²) in [5.74, 6) is 0.723. The summed E-state index contributed by atoms with van der Waals surface area (Å²) in [6.07, 6.45) is 3.49. The zero-order valence-corrected chi connectivity index (χ0v) is 12.2. The molecule has 2 heterocycles. The first-order valence-corrected chi connectivity index (χ1v) is 8.37. The lowest BCUT2D eigenvalue weighted by molar-refractivity contribution is 0.272. The summed E-state index contributed by atoms with van der Waals surface area (Å²) in [5, 5.41) is 0. The first kappa shape index (κ1) is 13.9. The highest BCUT2D eigenvalue weighted by Gasteiger charge is 2.28. The fourth-order valence-corrected chi connectivity index (χ4v) is 4.36. The summed E-state index contributed by atoms with van der Waals surface area (Å²) in [6, 6.07) is 9.03. The molecule has 1 aromatic heterocycles. The van der Waals surface area contributed by atoms with Gasteiger partial charge in [-0.2, -0.15) is 0 Å². The van der Waals surface area contributed by atoms with E-state index in [1.165, 1.54) is 18.5 Å². The van der Waals surface area contributed by atoms with Crippen molar-refractivity contribution in [3.8, 4) is 5.75 Å². The molecule has 110 valence electrons. The molecule has 0 radical (unpaired) electrons. The number of benzene rings is 1. The van der Waals surface area contributed by atoms with Gasteiger partial charge in [-0.15, -0.1) is 0 Å². The SMILES string of the molecule is Nc1cnccc1S(=O)(=O)CC1CCOc2ccccc21. The summed E-state index contributed by atoms with van der Waals surface area (Å²) < 4.78 is 30.7. The third-order valence-electron chi connectivity index (χ3n) is 3.65. The number of pyridine rings is 1. The zero-order valence-electron chi connectivity index (χ0n) is 11.4. The molecule has 5 nitrogen and oxygen atoms in total. The molecule has 1 aromatic carbocycles. The van der Waals surface area contributed by atoms with Crippen LogP contribution in [0.4, 0.5) is 5.69 Å². The Bertz CT molecular complexity index is 759. The molecule has 1 atom stereocenters. The Kier molecular flexibility index (Phi) is 3.55. The van der Waals surface area contributed by atoms with Crippen molar-refractivity contribution < 1.29 is 13.2 Å². The number of aromatic nitrogens is 1. The van der Waals surface area contributed by atoms with Crippen LogP contribution in [-0.2, 0) is 9.84 Å². The third-order valence-corrected chi connectivity index (χ3v) is 5.53. The standard InChI is InChI=1S/C15H16N2O3S/c16-13-9-17-7-5-15(13)21(18,19)10-11-6-8-20-14-4-2-1-3-12(11)14/h1-5,7,9,11H,6,8,10,16H2. The normalized spacial score (nSPS) is 17.8. The Labute approximate surface area is 123 Å². The van der Waals surface area contributed by atoms with Crippen molar-refractivity contribution in [3.63, 3.8) is 0 Å². The van der Waals surface area contributed by atoms with E-state index in [0.29, 0.717) is 13.0 Å². The van der Waals surface area contributed by atoms with Gasteiger partial charge in [-0.05, 0) is 24.1 Å². The number of nitrogen functional groups attached to an aromatic ring is 1. The number of fused-ring (bicyclic) bond motifs is 1. The van der Waals surface area contributed by atoms with Gasteiger partial charge in [0.05, 0.1) is 29.1 Å². The second kappa shape index (κ2) is 5.37. The number of ether oxygens (including phenoxy) is 1. The summed E-state index contributed by atoms with van der Waals surface area (Å²) in [6.45, 7) is 0.531. The summed E-state index contributed by atoms with van der Waals surface area (Å²) in [7, 11) is -3.45. The quantitative estimate of drug-likeness (QED) is 0.938. The van der Waals surface area contributed by atoms with Crippen molar-refractivity contribution in [2.75, 3.05) is 18.1 Å². The lowest BCUT2D eigenvalue weighted by Crippen LogP contribution is -2.22. The van der Waals surface area contributed by atoms with Crippen LogP contribution in [0.3, 0.4) is 0 Å². The van der Waals surface area contributed by atoms with Crippen LogP contribution in [0.1, 0.15) is 17.9 Å². The van der Waals surface area contributed by atoms with Crippen molar-refractivity contribution in [1.82, 2.24) is 4.98 Å². The van der Waals surface area contributed by atoms with Gasteiger partial charge >= 0.3 is 0 Å². The Morgan fingerprint density at radius 2 is 2.10 bits per heavy atom. The Hall–Kier alpha value is -2.08. The molecule has 1 aliphatic rings. The van der Waals surface area contributed by atoms with Gasteiger partial charge in [-0.1, -0.05) is 18.2 Å². The molecular formula is C15H16N2O3S. The van der Waals surface area contributed by atoms with Gasteiger partial charge in [0.2, 0.25) is 0 Å². The Balaban J connectivity index is 1.93. The Morgan fingerprint density at radius 1 is 1.29 bits per heavy atom. The molecule has 2 aromatic rings. The summed E-state index contributed by atoms with van der Waals surface area (Å²) >= 11 is 0. The van der Waals surface area contributed by atoms with Crippen molar-refractivity contribution in [3.05, 3.63) is 48.3 Å². The minimum absolute atomic E-state index is 0.0294. The van der Waals surface area contributed by atoms with E-state index in [0.717, 1.165) is 11.3 Å². The molecule has 3 rings (SSSR count). The predicted molar refractivity (Wildman–Crippen MR) is 80.0 cm³/mol. The largest absolute Gasteiger partial charge is 0.493 e. The average molecular weight is 304 g/mol. The molecule has 1 aliphatic heterocycles. The number of nitrogens with zero attached hydrogens (tertiary/aromatic N) is 1. The molecule has 0 saturated carbocycles. The fraction of sp³-hybridized carbons (Fsp3) is 0.267. The van der Waals surface area contributed by atoms with Crippen LogP contribution in [0.25, 0.3) is 0 Å². The molecule has 1 unspecified atom stereocenters. The van der Waals surface area contributed by atoms with Crippen LogP contribution in [0, 0.1) is 0 Å². The van der Waals surface area contributed by atoms with E-state index in [1.807, 2.05) is 24.3 Å². The second-order valence-corrected chi connectivity index (χ2v) is 7.07. The summed E-state index contributed by atoms with van der Waals surface area (Å²) in [5.41, 5.74) is 6.88. The highest BCUT2D eigenvalue weighted by Crippen LogP contribution is 2.35. The number of rotatable bonds is 3. The van der Waals surface area contributed by atoms with E-state index < -0.39 is 9.84 Å². The maximum atomic E-state index is 12.6. The number of anilines is 1. The van der Waals surface area contributed by atoms with Gasteiger partial charge in [-0.3, -0.25) is 4.98 Å². The molecule has 0 bridgehead atoms. The van der Waals surface area contributed by atoms with Crippen molar-refractivity contribution in [2.24, 2.45) is 0 Å². The maximum Gasteiger partial charge on any atom is 0.181 e. The highest BCUT2D eigenvalue weighted by molar-refractivity contribution is 7.91. The van der Waals surface area contributed by atoms with Crippen LogP contribution in [0.5, 0.6) is 5.75 Å². The van der Waals surface area contributed by atoms with Crippen molar-refractivity contribution >= 4 is 15.5 Å². The monoisotopic (exact) mass is 304 g/mol. The molecule has 0 aliphatic carbocycles. The molecule has 2 N–H and O–H groups in total. The highest BCUT2D eigenvalue weighted by atomic mass is 32.2. The lowest BCUT2D eigenvalue weighted by atomic mass is 9.95. The maximum absolute atomic E-state index is 12.6. The van der Waals surface area contributed by atoms with E-state index in [-0.39, 0.29) is 22.3 Å². The zero-order chi connectivity index (χ0) is 14.9. The van der Waals surface area contributed by atoms with E-state index in [2.05, 4.69) is 4.98 Å². The number of para-hydroxylation sites is 1. The molecule has 0 saturated heterocycles. The van der Waals surface area contributed by atoms with Gasteiger partial charge in [0.1, 0.15) is 5.75 Å². The molecule has 21 heavy (non-hydrogen) atoms. The molecule has 0 amide bonds. The first-order valence-electron chi connectivity index (χ1n) is 6.72. The average Bonchev–Trinajstić information content (AvgIpc) is 2.47. The fourth-order valence-electron chi connectivity index (χ4n) is 2.62. The van der Waals surface area contributed by atoms with Crippen LogP contribution in [0.15, 0.2) is 47.6 Å². The topological polar surface area (TPSA) is 82.3 Å². The first-order chi connectivity index (χ1) is 10.1. The molecule has 0 spiro atoms. The van der Waals surface area contributed by atoms with Crippen molar-refractivity contribution in [1.29, 1.82) is 0 Å². The predicted octanol–water partition coefficient (Wildman–Crippen LogP) is 2.00. The van der Waals surface area contributed by atoms with Crippen LogP contribution in [-0.4, -0.2) is 25.8 Å². The minimum Gasteiger partial charge on any atom is -0.493 e. The van der Waals surface area contributed by atoms with Gasteiger partial charge in [0.25, 0.3) is 0 Å². The van der Waals surface area contributed by atoms with Gasteiger partial charge < -0.3 is 10.5 Å². The van der Waals surface area contributed by atoms with E-state index in [1.54, 1.807) is 0 Å². The number of sulfone groups is 1. The van der Waals surface area contributed by atoms with E-state index in [4.69, 9.17) is 10.5 Å². The number of hydrogen-bond acceptors (Lipinski definition) is 5. The van der Waals surface area contributed by atoms with Crippen LogP contribution >= 0.6 is 0 Å². The smallest absolute Gasteiger partial charge is 0.181 e. The molecule has 0 fully saturated rings. The third kappa shape index (κ3) is 2.71. The number of hydrogen-bond donors (Lipinski definition) is 1. The lowest BCUT2D eigenvalue weighted by Gasteiger charge is -2.25. The van der Waals surface area contributed by atoms with Gasteiger partial charge in [-0.25, -0.2) is 8.42 Å². The Morgan fingerprint density at radius 3 is 2.90 bits per heavy atom. The van der Waals surface area contributed by atoms with Crippen LogP contribution < -0.4 is 10.5 Å². The number of nitrogens with two attached hydrogens (primary N) is 1. The second-order valence-electron chi connectivity index (χ2n) is 5.07. The van der Waals surface area contributed by atoms with E-state index >= 15 is 0 Å². The molecule has 6 heteroatoms. The minimum atomic E-state index is -3.45. The van der Waals surface area contributed by atoms with Crippen LogP contribution in [0.2, 0.25) is 0 Å². The van der Waals surface area contributed by atoms with E-state index in [9.17, 15) is 8.42 Å². The molecular weight excluding hydrogens is 288 g/mol. The van der Waals surface area contributed by atoms with Gasteiger partial charge in [0.15, 0.2) is 9.84 Å². The van der Waals surface area contributed by atoms with Crippen molar-refractivity contribution in [2.45, 2.75) is 17.2 Å². The summed E-state index contributed by atoms with van der Waals surface area (Å²) in [4.78, 5) is 3.99. The van der Waals surface area contributed by atoms with Gasteiger partial charge in [0, 0.05) is 12.1 Å².